The highest BCUT2D eigenvalue weighted by Crippen LogP contribution is 2.16. The normalized spacial score (nSPS) is 10.8. The molecule has 1 heterocycles. The van der Waals surface area contributed by atoms with Gasteiger partial charge in [-0.15, -0.1) is 11.3 Å². The van der Waals surface area contributed by atoms with Crippen molar-refractivity contribution < 1.29 is 9.53 Å². The maximum atomic E-state index is 11.4. The highest BCUT2D eigenvalue weighted by Gasteiger charge is 2.07. The van der Waals surface area contributed by atoms with E-state index in [1.54, 1.807) is 13.1 Å². The molecule has 116 valence electrons. The molecule has 0 aliphatic carbocycles. The zero-order valence-corrected chi connectivity index (χ0v) is 13.5. The van der Waals surface area contributed by atoms with Crippen molar-refractivity contribution in [1.29, 1.82) is 0 Å². The summed E-state index contributed by atoms with van der Waals surface area (Å²) in [5.41, 5.74) is 5.88. The van der Waals surface area contributed by atoms with E-state index in [1.165, 1.54) is 16.9 Å². The summed E-state index contributed by atoms with van der Waals surface area (Å²) in [6.07, 6.45) is 2.96. The highest BCUT2D eigenvalue weighted by atomic mass is 32.1. The number of aryl methyl sites for hydroxylation is 1. The first-order valence-corrected chi connectivity index (χ1v) is 8.07. The topological polar surface area (TPSA) is 63.6 Å². The Morgan fingerprint density at radius 3 is 2.82 bits per heavy atom. The van der Waals surface area contributed by atoms with E-state index >= 15 is 0 Å². The Hall–Kier alpha value is -2.21. The smallest absolute Gasteiger partial charge is 0.311 e. The number of hydrogen-bond donors (Lipinski definition) is 1. The monoisotopic (exact) mass is 317 g/mol. The Balaban J connectivity index is 1.87. The van der Waals surface area contributed by atoms with Gasteiger partial charge in [-0.25, -0.2) is 4.98 Å². The van der Waals surface area contributed by atoms with Crippen molar-refractivity contribution in [3.05, 3.63) is 46.5 Å². The Labute approximate surface area is 134 Å². The van der Waals surface area contributed by atoms with Crippen LogP contribution in [0.15, 0.2) is 34.7 Å². The van der Waals surface area contributed by atoms with E-state index in [0.717, 1.165) is 12.0 Å². The number of benzene rings is 1. The van der Waals surface area contributed by atoms with Crippen LogP contribution in [0, 0.1) is 0 Å². The quantitative estimate of drug-likeness (QED) is 0.484. The highest BCUT2D eigenvalue weighted by molar-refractivity contribution is 7.13. The largest absolute Gasteiger partial charge is 0.466 e. The third kappa shape index (κ3) is 4.96. The van der Waals surface area contributed by atoms with Crippen molar-refractivity contribution in [1.82, 2.24) is 4.98 Å². The Morgan fingerprint density at radius 1 is 1.36 bits per heavy atom. The average Bonchev–Trinajstić information content (AvgIpc) is 2.95. The molecule has 2 rings (SSSR count). The van der Waals surface area contributed by atoms with Gasteiger partial charge in [0.2, 0.25) is 5.13 Å². The number of rotatable bonds is 7. The number of hydrogen-bond acceptors (Lipinski definition) is 6. The number of nitrogens with zero attached hydrogens (tertiary/aromatic N) is 2. The predicted octanol–water partition coefficient (Wildman–Crippen LogP) is 3.26. The number of aromatic nitrogens is 1. The molecule has 2 aromatic rings. The van der Waals surface area contributed by atoms with Crippen LogP contribution in [0.3, 0.4) is 0 Å². The second-order valence-corrected chi connectivity index (χ2v) is 5.45. The van der Waals surface area contributed by atoms with Crippen LogP contribution in [-0.4, -0.2) is 23.8 Å². The molecule has 1 N–H and O–H groups in total. The fraction of sp³-hybridized carbons (Fsp3) is 0.312. The van der Waals surface area contributed by atoms with E-state index in [9.17, 15) is 4.79 Å². The van der Waals surface area contributed by atoms with Crippen molar-refractivity contribution in [3.8, 4) is 0 Å². The van der Waals surface area contributed by atoms with E-state index in [1.807, 2.05) is 17.5 Å². The number of esters is 1. The van der Waals surface area contributed by atoms with E-state index in [2.05, 4.69) is 34.6 Å². The standard InChI is InChI=1S/C16H19N3O2S/c1-3-12-5-7-13(8-6-12)10-17-19-16-18-14(11-22-16)9-15(20)21-4-2/h5-8,10-11H,3-4,9H2,1-2H3,(H,18,19). The van der Waals surface area contributed by atoms with Crippen molar-refractivity contribution in [2.45, 2.75) is 26.7 Å². The van der Waals surface area contributed by atoms with Crippen LogP contribution in [0.2, 0.25) is 0 Å². The van der Waals surface area contributed by atoms with E-state index in [4.69, 9.17) is 4.74 Å². The second-order valence-electron chi connectivity index (χ2n) is 4.59. The molecule has 0 atom stereocenters. The molecule has 1 aromatic carbocycles. The number of carbonyl (C=O) groups excluding carboxylic acids is 1. The number of thiazole rings is 1. The summed E-state index contributed by atoms with van der Waals surface area (Å²) in [5.74, 6) is -0.265. The molecule has 1 aromatic heterocycles. The van der Waals surface area contributed by atoms with Gasteiger partial charge in [0.05, 0.1) is 24.9 Å². The van der Waals surface area contributed by atoms with Crippen LogP contribution in [0.4, 0.5) is 5.13 Å². The molecule has 6 heteroatoms. The van der Waals surface area contributed by atoms with E-state index in [0.29, 0.717) is 17.4 Å². The van der Waals surface area contributed by atoms with Crippen molar-refractivity contribution in [2.24, 2.45) is 5.10 Å². The molecular weight excluding hydrogens is 298 g/mol. The SMILES string of the molecule is CCOC(=O)Cc1csc(NN=Cc2ccc(CC)cc2)n1. The first-order valence-electron chi connectivity index (χ1n) is 7.19. The first-order chi connectivity index (χ1) is 10.7. The molecule has 0 aliphatic rings. The number of ether oxygens (including phenoxy) is 1. The van der Waals surface area contributed by atoms with Crippen LogP contribution in [0.1, 0.15) is 30.7 Å². The number of anilines is 1. The lowest BCUT2D eigenvalue weighted by Crippen LogP contribution is -2.07. The fourth-order valence-electron chi connectivity index (χ4n) is 1.80. The minimum absolute atomic E-state index is 0.189. The van der Waals surface area contributed by atoms with Gasteiger partial charge in [0.15, 0.2) is 0 Å². The molecule has 0 bridgehead atoms. The van der Waals surface area contributed by atoms with Crippen LogP contribution in [0.5, 0.6) is 0 Å². The molecule has 5 nitrogen and oxygen atoms in total. The zero-order chi connectivity index (χ0) is 15.8. The van der Waals surface area contributed by atoms with Gasteiger partial charge in [-0.3, -0.25) is 10.2 Å². The van der Waals surface area contributed by atoms with Crippen LogP contribution >= 0.6 is 11.3 Å². The van der Waals surface area contributed by atoms with Gasteiger partial charge in [-0.1, -0.05) is 31.2 Å². The molecule has 0 aliphatic heterocycles. The molecule has 0 saturated heterocycles. The van der Waals surface area contributed by atoms with Crippen LogP contribution in [0.25, 0.3) is 0 Å². The van der Waals surface area contributed by atoms with Gasteiger partial charge >= 0.3 is 5.97 Å². The van der Waals surface area contributed by atoms with Gasteiger partial charge in [-0.05, 0) is 24.5 Å². The summed E-state index contributed by atoms with van der Waals surface area (Å²) >= 11 is 1.41. The Morgan fingerprint density at radius 2 is 2.14 bits per heavy atom. The van der Waals surface area contributed by atoms with E-state index in [-0.39, 0.29) is 12.4 Å². The molecule has 0 fully saturated rings. The molecule has 0 amide bonds. The first kappa shape index (κ1) is 16.2. The average molecular weight is 317 g/mol. The molecule has 0 radical (unpaired) electrons. The fourth-order valence-corrected chi connectivity index (χ4v) is 2.46. The van der Waals surface area contributed by atoms with Gasteiger partial charge < -0.3 is 4.74 Å². The Kier molecular flexibility index (Phi) is 6.09. The minimum atomic E-state index is -0.265. The summed E-state index contributed by atoms with van der Waals surface area (Å²) in [7, 11) is 0. The third-order valence-electron chi connectivity index (χ3n) is 2.94. The number of nitrogens with one attached hydrogen (secondary N) is 1. The van der Waals surface area contributed by atoms with Gasteiger partial charge in [0.1, 0.15) is 0 Å². The number of carbonyl (C=O) groups is 1. The predicted molar refractivity (Wildman–Crippen MR) is 89.5 cm³/mol. The lowest BCUT2D eigenvalue weighted by molar-refractivity contribution is -0.142. The third-order valence-corrected chi connectivity index (χ3v) is 3.74. The lowest BCUT2D eigenvalue weighted by atomic mass is 10.1. The van der Waals surface area contributed by atoms with Crippen molar-refractivity contribution in [2.75, 3.05) is 12.0 Å². The number of hydrazone groups is 1. The maximum Gasteiger partial charge on any atom is 0.311 e. The molecule has 0 unspecified atom stereocenters. The second kappa shape index (κ2) is 8.29. The van der Waals surface area contributed by atoms with Crippen LogP contribution < -0.4 is 5.43 Å². The minimum Gasteiger partial charge on any atom is -0.466 e. The summed E-state index contributed by atoms with van der Waals surface area (Å²) in [5, 5.41) is 6.63. The lowest BCUT2D eigenvalue weighted by Gasteiger charge is -1.98. The molecule has 0 saturated carbocycles. The van der Waals surface area contributed by atoms with Gasteiger partial charge in [-0.2, -0.15) is 5.10 Å². The van der Waals surface area contributed by atoms with E-state index < -0.39 is 0 Å². The summed E-state index contributed by atoms with van der Waals surface area (Å²) in [6.45, 7) is 4.30. The summed E-state index contributed by atoms with van der Waals surface area (Å²) in [4.78, 5) is 15.6. The molecule has 22 heavy (non-hydrogen) atoms. The summed E-state index contributed by atoms with van der Waals surface area (Å²) in [6, 6.07) is 8.22. The molecule has 0 spiro atoms. The molecular formula is C16H19N3O2S. The maximum absolute atomic E-state index is 11.4. The van der Waals surface area contributed by atoms with Crippen molar-refractivity contribution in [3.63, 3.8) is 0 Å². The van der Waals surface area contributed by atoms with Crippen molar-refractivity contribution >= 4 is 28.7 Å². The van der Waals surface area contributed by atoms with Crippen LogP contribution in [-0.2, 0) is 22.4 Å². The Bertz CT molecular complexity index is 635. The summed E-state index contributed by atoms with van der Waals surface area (Å²) < 4.78 is 4.89. The van der Waals surface area contributed by atoms with Gasteiger partial charge in [0, 0.05) is 5.38 Å². The zero-order valence-electron chi connectivity index (χ0n) is 12.7. The van der Waals surface area contributed by atoms with Gasteiger partial charge in [0.25, 0.3) is 0 Å².